The van der Waals surface area contributed by atoms with Crippen molar-refractivity contribution in [3.05, 3.63) is 28.8 Å². The van der Waals surface area contributed by atoms with Crippen molar-refractivity contribution >= 4 is 39.5 Å². The van der Waals surface area contributed by atoms with Gasteiger partial charge in [-0.1, -0.05) is 6.92 Å². The molecule has 0 unspecified atom stereocenters. The Morgan fingerprint density at radius 3 is 2.84 bits per heavy atom. The van der Waals surface area contributed by atoms with Crippen LogP contribution in [-0.4, -0.2) is 58.9 Å². The molecule has 25 heavy (non-hydrogen) atoms. The van der Waals surface area contributed by atoms with Crippen LogP contribution >= 0.6 is 11.3 Å². The summed E-state index contributed by atoms with van der Waals surface area (Å²) in [6, 6.07) is 5.58. The van der Waals surface area contributed by atoms with Crippen LogP contribution in [0.3, 0.4) is 0 Å². The molecule has 0 bridgehead atoms. The van der Waals surface area contributed by atoms with Crippen molar-refractivity contribution in [2.75, 3.05) is 26.2 Å². The van der Waals surface area contributed by atoms with Crippen molar-refractivity contribution in [3.63, 3.8) is 0 Å². The summed E-state index contributed by atoms with van der Waals surface area (Å²) in [5, 5.41) is 1.06. The van der Waals surface area contributed by atoms with Crippen LogP contribution in [0, 0.1) is 5.92 Å². The Morgan fingerprint density at radius 2 is 2.16 bits per heavy atom. The number of nitrogens with zero attached hydrogens (tertiary/aromatic N) is 3. The number of benzene rings is 1. The maximum absolute atomic E-state index is 12.6. The fourth-order valence-corrected chi connectivity index (χ4v) is 4.05. The number of aryl methyl sites for hydroxylation is 1. The number of likely N-dealkylation sites (tertiary alicyclic amines) is 1. The van der Waals surface area contributed by atoms with E-state index in [-0.39, 0.29) is 24.3 Å². The second-order valence-electron chi connectivity index (χ2n) is 6.28. The van der Waals surface area contributed by atoms with Crippen LogP contribution < -0.4 is 0 Å². The molecule has 7 nitrogen and oxygen atoms in total. The number of carbonyl (C=O) groups excluding carboxylic acids is 3. The SMILES string of the molecule is CCc1nc2ccc(C(=O)N3CC(CN4C(=O)COC4=O)C3)cc2s1. The van der Waals surface area contributed by atoms with Crippen LogP contribution in [0.1, 0.15) is 22.3 Å². The summed E-state index contributed by atoms with van der Waals surface area (Å²) in [6.07, 6.45) is 0.297. The van der Waals surface area contributed by atoms with Gasteiger partial charge in [-0.25, -0.2) is 14.7 Å². The molecule has 130 valence electrons. The van der Waals surface area contributed by atoms with Gasteiger partial charge in [-0.3, -0.25) is 9.59 Å². The highest BCUT2D eigenvalue weighted by molar-refractivity contribution is 7.18. The maximum atomic E-state index is 12.6. The number of amides is 3. The minimum atomic E-state index is -0.586. The van der Waals surface area contributed by atoms with Gasteiger partial charge in [0.05, 0.1) is 15.2 Å². The molecule has 2 fully saturated rings. The molecule has 0 spiro atoms. The van der Waals surface area contributed by atoms with Gasteiger partial charge >= 0.3 is 6.09 Å². The molecule has 2 aromatic rings. The number of rotatable bonds is 4. The van der Waals surface area contributed by atoms with Gasteiger partial charge in [-0.15, -0.1) is 11.3 Å². The summed E-state index contributed by atoms with van der Waals surface area (Å²) in [5.74, 6) is -0.227. The smallest absolute Gasteiger partial charge is 0.417 e. The van der Waals surface area contributed by atoms with Gasteiger partial charge in [0, 0.05) is 31.1 Å². The Balaban J connectivity index is 1.39. The number of imide groups is 1. The quantitative estimate of drug-likeness (QED) is 0.833. The van der Waals surface area contributed by atoms with Crippen molar-refractivity contribution < 1.29 is 19.1 Å². The highest BCUT2D eigenvalue weighted by Crippen LogP contribution is 2.26. The molecule has 8 heteroatoms. The molecule has 0 atom stereocenters. The first kappa shape index (κ1) is 16.0. The van der Waals surface area contributed by atoms with Crippen molar-refractivity contribution in [1.29, 1.82) is 0 Å². The number of hydrogen-bond donors (Lipinski definition) is 0. The Kier molecular flexibility index (Phi) is 3.91. The minimum Gasteiger partial charge on any atom is -0.439 e. The van der Waals surface area contributed by atoms with E-state index in [9.17, 15) is 14.4 Å². The lowest BCUT2D eigenvalue weighted by molar-refractivity contribution is -0.126. The summed E-state index contributed by atoms with van der Waals surface area (Å²) in [6.45, 7) is 3.27. The molecule has 4 rings (SSSR count). The average molecular weight is 359 g/mol. The molecule has 0 radical (unpaired) electrons. The zero-order valence-corrected chi connectivity index (χ0v) is 14.5. The molecule has 1 aromatic heterocycles. The lowest BCUT2D eigenvalue weighted by Crippen LogP contribution is -2.54. The van der Waals surface area contributed by atoms with E-state index < -0.39 is 6.09 Å². The molecule has 2 aliphatic heterocycles. The lowest BCUT2D eigenvalue weighted by atomic mass is 9.98. The van der Waals surface area contributed by atoms with E-state index in [1.165, 1.54) is 0 Å². The van der Waals surface area contributed by atoms with Gasteiger partial charge in [0.25, 0.3) is 11.8 Å². The Labute approximate surface area is 148 Å². The van der Waals surface area contributed by atoms with Crippen molar-refractivity contribution in [3.8, 4) is 0 Å². The number of ether oxygens (including phenoxy) is 1. The fourth-order valence-electron chi connectivity index (χ4n) is 3.11. The van der Waals surface area contributed by atoms with E-state index in [1.54, 1.807) is 22.3 Å². The maximum Gasteiger partial charge on any atom is 0.417 e. The Bertz CT molecular complexity index is 856. The number of thiazole rings is 1. The number of cyclic esters (lactones) is 1. The summed E-state index contributed by atoms with van der Waals surface area (Å²) >= 11 is 1.61. The number of hydrogen-bond acceptors (Lipinski definition) is 6. The van der Waals surface area contributed by atoms with Crippen molar-refractivity contribution in [2.24, 2.45) is 5.92 Å². The second-order valence-corrected chi connectivity index (χ2v) is 7.39. The van der Waals surface area contributed by atoms with Crippen molar-refractivity contribution in [1.82, 2.24) is 14.8 Å². The molecule has 2 aliphatic rings. The van der Waals surface area contributed by atoms with Crippen LogP contribution in [-0.2, 0) is 16.0 Å². The summed E-state index contributed by atoms with van der Waals surface area (Å²) < 4.78 is 5.71. The molecule has 1 aromatic carbocycles. The first-order valence-corrected chi connectivity index (χ1v) is 9.02. The van der Waals surface area contributed by atoms with Gasteiger partial charge in [-0.05, 0) is 24.6 Å². The normalized spacial score (nSPS) is 18.0. The van der Waals surface area contributed by atoms with Gasteiger partial charge in [-0.2, -0.15) is 0 Å². The van der Waals surface area contributed by atoms with Crippen LogP contribution in [0.15, 0.2) is 18.2 Å². The molecular weight excluding hydrogens is 342 g/mol. The van der Waals surface area contributed by atoms with E-state index >= 15 is 0 Å². The van der Waals surface area contributed by atoms with E-state index in [2.05, 4.69) is 11.9 Å². The van der Waals surface area contributed by atoms with E-state index in [1.807, 2.05) is 12.1 Å². The topological polar surface area (TPSA) is 79.8 Å². The zero-order chi connectivity index (χ0) is 17.6. The van der Waals surface area contributed by atoms with Gasteiger partial charge in [0.15, 0.2) is 6.61 Å². The molecule has 0 N–H and O–H groups in total. The standard InChI is InChI=1S/C17H17N3O4S/c1-2-14-18-12-4-3-11(5-13(12)25-14)16(22)19-6-10(7-19)8-20-15(21)9-24-17(20)23/h3-5,10H,2,6-9H2,1H3. The average Bonchev–Trinajstić information content (AvgIpc) is 3.13. The van der Waals surface area contributed by atoms with Crippen LogP contribution in [0.2, 0.25) is 0 Å². The Hall–Kier alpha value is -2.48. The summed E-state index contributed by atoms with van der Waals surface area (Å²) in [7, 11) is 0. The van der Waals surface area contributed by atoms with E-state index in [0.29, 0.717) is 25.2 Å². The van der Waals surface area contributed by atoms with E-state index in [0.717, 1.165) is 26.5 Å². The Morgan fingerprint density at radius 1 is 1.36 bits per heavy atom. The molecular formula is C17H17N3O4S. The predicted molar refractivity (Wildman–Crippen MR) is 91.5 cm³/mol. The molecule has 2 saturated heterocycles. The van der Waals surface area contributed by atoms with Crippen LogP contribution in [0.25, 0.3) is 10.2 Å². The van der Waals surface area contributed by atoms with E-state index in [4.69, 9.17) is 4.74 Å². The fraction of sp³-hybridized carbons (Fsp3) is 0.412. The molecule has 3 amide bonds. The predicted octanol–water partition coefficient (Wildman–Crippen LogP) is 1.91. The minimum absolute atomic E-state index is 0.0278. The highest BCUT2D eigenvalue weighted by atomic mass is 32.1. The number of fused-ring (bicyclic) bond motifs is 1. The lowest BCUT2D eigenvalue weighted by Gasteiger charge is -2.40. The summed E-state index contributed by atoms with van der Waals surface area (Å²) in [5.41, 5.74) is 1.57. The molecule has 0 aliphatic carbocycles. The third kappa shape index (κ3) is 2.86. The molecule has 0 saturated carbocycles. The monoisotopic (exact) mass is 359 g/mol. The third-order valence-corrected chi connectivity index (χ3v) is 5.67. The number of aromatic nitrogens is 1. The highest BCUT2D eigenvalue weighted by Gasteiger charge is 2.38. The molecule has 3 heterocycles. The zero-order valence-electron chi connectivity index (χ0n) is 13.7. The van der Waals surface area contributed by atoms with Gasteiger partial charge < -0.3 is 9.64 Å². The van der Waals surface area contributed by atoms with Crippen LogP contribution in [0.4, 0.5) is 4.79 Å². The van der Waals surface area contributed by atoms with Gasteiger partial charge in [0.1, 0.15) is 0 Å². The summed E-state index contributed by atoms with van der Waals surface area (Å²) in [4.78, 5) is 43.0. The number of carbonyl (C=O) groups is 3. The van der Waals surface area contributed by atoms with Gasteiger partial charge in [0.2, 0.25) is 0 Å². The second kappa shape index (κ2) is 6.11. The first-order chi connectivity index (χ1) is 12.0. The first-order valence-electron chi connectivity index (χ1n) is 8.21. The van der Waals surface area contributed by atoms with Crippen molar-refractivity contribution in [2.45, 2.75) is 13.3 Å². The largest absolute Gasteiger partial charge is 0.439 e. The third-order valence-electron chi connectivity index (χ3n) is 4.51. The van der Waals surface area contributed by atoms with Crippen LogP contribution in [0.5, 0.6) is 0 Å².